The van der Waals surface area contributed by atoms with E-state index in [1.54, 1.807) is 0 Å². The summed E-state index contributed by atoms with van der Waals surface area (Å²) in [5.41, 5.74) is 0.397. The van der Waals surface area contributed by atoms with Crippen LogP contribution in [0.5, 0.6) is 0 Å². The first kappa shape index (κ1) is 36.4. The molecule has 2 aromatic carbocycles. The van der Waals surface area contributed by atoms with Gasteiger partial charge >= 0.3 is 35.0 Å². The van der Waals surface area contributed by atoms with Gasteiger partial charge in [-0.1, -0.05) is 23.2 Å². The minimum Gasteiger partial charge on any atom is -0.661 e. The third kappa shape index (κ3) is 13.3. The van der Waals surface area contributed by atoms with Crippen LogP contribution in [0.1, 0.15) is 20.7 Å². The molecule has 0 spiro atoms. The van der Waals surface area contributed by atoms with Gasteiger partial charge in [0.05, 0.1) is 11.1 Å². The maximum absolute atomic E-state index is 10.5. The summed E-state index contributed by atoms with van der Waals surface area (Å²) >= 11 is 11.1. The number of halogens is 2. The van der Waals surface area contributed by atoms with E-state index in [-0.39, 0.29) is 56.1 Å². The minimum atomic E-state index is -0.901. The van der Waals surface area contributed by atoms with Crippen molar-refractivity contribution in [3.63, 3.8) is 0 Å². The van der Waals surface area contributed by atoms with Crippen molar-refractivity contribution in [2.75, 3.05) is 0 Å². The Morgan fingerprint density at radius 2 is 0.852 bits per heavy atom. The van der Waals surface area contributed by atoms with E-state index >= 15 is 0 Å². The summed E-state index contributed by atoms with van der Waals surface area (Å²) in [5, 5.41) is 20.3. The van der Waals surface area contributed by atoms with E-state index in [0.29, 0.717) is 10.0 Å². The van der Waals surface area contributed by atoms with Gasteiger partial charge in [0.15, 0.2) is 0 Å². The van der Waals surface area contributed by atoms with Crippen LogP contribution in [0.3, 0.4) is 0 Å². The van der Waals surface area contributed by atoms with Gasteiger partial charge in [-0.15, -0.1) is 0 Å². The van der Waals surface area contributed by atoms with Gasteiger partial charge in [0.2, 0.25) is 0 Å². The van der Waals surface area contributed by atoms with Gasteiger partial charge in [-0.3, -0.25) is 0 Å². The first-order valence-corrected chi connectivity index (χ1v) is 6.43. The molecule has 0 aliphatic carbocycles. The summed E-state index contributed by atoms with van der Waals surface area (Å²) in [7, 11) is 0. The summed E-state index contributed by atoms with van der Waals surface area (Å²) in [4.78, 5) is 27.6. The number of carbonyl (C=O) groups excluding carboxylic acids is 2. The molecule has 13 heteroatoms. The fraction of sp³-hybridized carbons (Fsp3) is 0. The summed E-state index contributed by atoms with van der Waals surface area (Å²) in [6, 6.07) is 11.7. The van der Waals surface area contributed by atoms with Gasteiger partial charge in [0.1, 0.15) is 0 Å². The first-order valence-electron chi connectivity index (χ1n) is 5.67. The van der Waals surface area contributed by atoms with Gasteiger partial charge in [0.25, 0.3) is 0 Å². The molecule has 0 atom stereocenters. The van der Waals surface area contributed by atoms with Crippen molar-refractivity contribution >= 4 is 58.2 Å². The van der Waals surface area contributed by atoms with E-state index in [0.717, 1.165) is 0 Å². The van der Waals surface area contributed by atoms with Gasteiger partial charge in [0, 0.05) is 10.0 Å². The molecule has 2 rings (SSSR count). The van der Waals surface area contributed by atoms with Crippen LogP contribution in [-0.2, 0) is 9.78 Å². The molecule has 0 saturated heterocycles. The Morgan fingerprint density at radius 3 is 1.04 bits per heavy atom. The third-order valence-electron chi connectivity index (χ3n) is 2.31. The predicted molar refractivity (Wildman–Crippen MR) is 93.9 cm³/mol. The number of hydrogen-bond donors (Lipinski definition) is 0. The molecule has 27 heavy (non-hydrogen) atoms. The molecule has 0 aliphatic heterocycles. The maximum atomic E-state index is 10.5. The fourth-order valence-electron chi connectivity index (χ4n) is 1.27. The summed E-state index contributed by atoms with van der Waals surface area (Å²) in [6.07, 6.45) is 0. The first-order chi connectivity index (χ1) is 10.5. The quantitative estimate of drug-likeness (QED) is 0.288. The van der Waals surface area contributed by atoms with E-state index in [9.17, 15) is 20.1 Å². The molecular formula is C14H16Cl2MgO10. The molecule has 0 amide bonds. The molecule has 8 N–H and O–H groups in total. The number of benzene rings is 2. The molecule has 0 aromatic heterocycles. The van der Waals surface area contributed by atoms with Crippen molar-refractivity contribution in [2.45, 2.75) is 0 Å². The van der Waals surface area contributed by atoms with Crippen LogP contribution < -0.4 is 10.5 Å². The van der Waals surface area contributed by atoms with Gasteiger partial charge in [-0.2, -0.15) is 0 Å². The van der Waals surface area contributed by atoms with Crippen LogP contribution >= 0.6 is 23.2 Å². The van der Waals surface area contributed by atoms with Crippen molar-refractivity contribution in [2.24, 2.45) is 0 Å². The normalized spacial score (nSPS) is 7.56. The van der Waals surface area contributed by atoms with Crippen LogP contribution in [-0.4, -0.2) is 56.9 Å². The SMILES string of the molecule is O.O.O.O.O=C(O[O-])c1ccc(Cl)cc1.O=C(O[O-])c1ccc(Cl)cc1.[Mg+2]. The van der Waals surface area contributed by atoms with Gasteiger partial charge in [-0.25, -0.2) is 9.59 Å². The second-order valence-corrected chi connectivity index (χ2v) is 4.63. The Morgan fingerprint density at radius 1 is 0.630 bits per heavy atom. The minimum absolute atomic E-state index is 0. The molecule has 10 nitrogen and oxygen atoms in total. The Bertz CT molecular complexity index is 580. The number of rotatable bonds is 2. The zero-order chi connectivity index (χ0) is 16.5. The molecule has 0 radical (unpaired) electrons. The summed E-state index contributed by atoms with van der Waals surface area (Å²) in [5.74, 6) is -1.80. The molecule has 0 unspecified atom stereocenters. The van der Waals surface area contributed by atoms with Crippen LogP contribution in [0.2, 0.25) is 10.0 Å². The fourth-order valence-corrected chi connectivity index (χ4v) is 1.52. The topological polar surface area (TPSA) is 225 Å². The zero-order valence-electron chi connectivity index (χ0n) is 13.5. The maximum Gasteiger partial charge on any atom is 2.00 e. The average molecular weight is 439 g/mol. The van der Waals surface area contributed by atoms with E-state index in [1.807, 2.05) is 0 Å². The smallest absolute Gasteiger partial charge is 0.661 e. The van der Waals surface area contributed by atoms with Crippen molar-refractivity contribution in [3.05, 3.63) is 69.7 Å². The molecule has 0 bridgehead atoms. The van der Waals surface area contributed by atoms with E-state index in [4.69, 9.17) is 23.2 Å². The van der Waals surface area contributed by atoms with Crippen molar-refractivity contribution in [1.82, 2.24) is 0 Å². The second-order valence-electron chi connectivity index (χ2n) is 3.76. The average Bonchev–Trinajstić information content (AvgIpc) is 2.55. The molecule has 0 saturated carbocycles. The third-order valence-corrected chi connectivity index (χ3v) is 2.82. The summed E-state index contributed by atoms with van der Waals surface area (Å²) in [6.45, 7) is 0. The van der Waals surface area contributed by atoms with E-state index < -0.39 is 11.9 Å². The molecule has 148 valence electrons. The van der Waals surface area contributed by atoms with Crippen molar-refractivity contribution in [1.29, 1.82) is 0 Å². The Hall–Kier alpha value is -1.51. The van der Waals surface area contributed by atoms with Gasteiger partial charge in [-0.05, 0) is 48.5 Å². The van der Waals surface area contributed by atoms with Crippen LogP contribution in [0, 0.1) is 0 Å². The molecular weight excluding hydrogens is 423 g/mol. The monoisotopic (exact) mass is 438 g/mol. The Labute approximate surface area is 179 Å². The Balaban J connectivity index is -0.000000101. The Kier molecular flexibility index (Phi) is 26.0. The molecule has 0 aliphatic rings. The van der Waals surface area contributed by atoms with Crippen LogP contribution in [0.25, 0.3) is 0 Å². The van der Waals surface area contributed by atoms with Crippen molar-refractivity contribution in [3.8, 4) is 0 Å². The predicted octanol–water partition coefficient (Wildman–Crippen LogP) is -2.14. The number of carbonyl (C=O) groups is 2. The molecule has 2 aromatic rings. The summed E-state index contributed by atoms with van der Waals surface area (Å²) < 4.78 is 0. The van der Waals surface area contributed by atoms with Crippen LogP contribution in [0.4, 0.5) is 0 Å². The largest absolute Gasteiger partial charge is 2.00 e. The van der Waals surface area contributed by atoms with Crippen LogP contribution in [0.15, 0.2) is 48.5 Å². The van der Waals surface area contributed by atoms with Crippen molar-refractivity contribution < 1.29 is 51.8 Å². The van der Waals surface area contributed by atoms with E-state index in [2.05, 4.69) is 9.78 Å². The standard InChI is InChI=1S/2C7H5ClO3.Mg.4H2O/c2*8-6-3-1-5(2-4-6)7(9)11-10;;;;;/h2*1-4,10H;;4*1H2/q;;+2;;;;/p-2. The van der Waals surface area contributed by atoms with Gasteiger partial charge < -0.3 is 42.2 Å². The second kappa shape index (κ2) is 19.3. The zero-order valence-corrected chi connectivity index (χ0v) is 16.5. The molecule has 0 fully saturated rings. The molecule has 0 heterocycles. The van der Waals surface area contributed by atoms with E-state index in [1.165, 1.54) is 48.5 Å². The number of hydrogen-bond acceptors (Lipinski definition) is 6.